The summed E-state index contributed by atoms with van der Waals surface area (Å²) in [6, 6.07) is 5.84. The molecule has 2 atom stereocenters. The molecule has 0 fully saturated rings. The maximum Gasteiger partial charge on any atom is 0.122 e. The van der Waals surface area contributed by atoms with E-state index in [1.165, 1.54) is 5.56 Å². The maximum absolute atomic E-state index is 6.09. The third kappa shape index (κ3) is 5.72. The Bertz CT molecular complexity index is 425. The van der Waals surface area contributed by atoms with Crippen molar-refractivity contribution in [3.8, 4) is 5.75 Å². The van der Waals surface area contributed by atoms with E-state index in [0.29, 0.717) is 11.8 Å². The average Bonchev–Trinajstić information content (AvgIpc) is 2.35. The van der Waals surface area contributed by atoms with Crippen LogP contribution in [0.1, 0.15) is 40.2 Å². The van der Waals surface area contributed by atoms with E-state index in [2.05, 4.69) is 39.9 Å². The van der Waals surface area contributed by atoms with Crippen molar-refractivity contribution in [2.45, 2.75) is 46.6 Å². The Hall–Kier alpha value is -0.730. The molecule has 2 unspecified atom stereocenters. The van der Waals surface area contributed by atoms with Gasteiger partial charge in [-0.15, -0.1) is 0 Å². The molecule has 1 aromatic rings. The van der Waals surface area contributed by atoms with Crippen molar-refractivity contribution in [1.29, 1.82) is 0 Å². The fraction of sp³-hybridized carbons (Fsp3) is 0.647. The summed E-state index contributed by atoms with van der Waals surface area (Å²) in [5.74, 6) is 2.09. The summed E-state index contributed by atoms with van der Waals surface area (Å²) in [6.45, 7) is 12.2. The number of benzene rings is 1. The first-order valence-corrected chi connectivity index (χ1v) is 7.68. The number of hydrogen-bond acceptors (Lipinski definition) is 2. The van der Waals surface area contributed by atoms with Gasteiger partial charge in [0.2, 0.25) is 0 Å². The van der Waals surface area contributed by atoms with E-state index in [0.717, 1.165) is 23.7 Å². The number of ether oxygens (including phenoxy) is 1. The number of methoxy groups -OCH3 is 1. The minimum absolute atomic E-state index is 0.168. The van der Waals surface area contributed by atoms with Crippen LogP contribution in [0.2, 0.25) is 5.02 Å². The maximum atomic E-state index is 6.09. The summed E-state index contributed by atoms with van der Waals surface area (Å²) < 4.78 is 5.42. The number of halogens is 1. The minimum atomic E-state index is 0.168. The van der Waals surface area contributed by atoms with Gasteiger partial charge in [0.05, 0.1) is 7.11 Å². The van der Waals surface area contributed by atoms with Crippen LogP contribution in [0.3, 0.4) is 0 Å². The number of rotatable bonds is 6. The van der Waals surface area contributed by atoms with Crippen LogP contribution in [-0.2, 0) is 6.42 Å². The van der Waals surface area contributed by atoms with Crippen molar-refractivity contribution in [3.63, 3.8) is 0 Å². The molecule has 0 saturated carbocycles. The van der Waals surface area contributed by atoms with Crippen LogP contribution in [0, 0.1) is 11.8 Å². The van der Waals surface area contributed by atoms with Crippen LogP contribution >= 0.6 is 11.6 Å². The minimum Gasteiger partial charge on any atom is -0.496 e. The molecule has 1 aromatic carbocycles. The van der Waals surface area contributed by atoms with Crippen LogP contribution in [0.4, 0.5) is 0 Å². The van der Waals surface area contributed by atoms with Gasteiger partial charge in [-0.05, 0) is 69.3 Å². The molecule has 3 heteroatoms. The molecular weight excluding hydrogens is 270 g/mol. The molecular formula is C17H28ClNO. The lowest BCUT2D eigenvalue weighted by Gasteiger charge is -2.27. The predicted molar refractivity (Wildman–Crippen MR) is 87.8 cm³/mol. The lowest BCUT2D eigenvalue weighted by molar-refractivity contribution is 0.314. The van der Waals surface area contributed by atoms with Gasteiger partial charge in [-0.2, -0.15) is 0 Å². The first-order chi connectivity index (χ1) is 9.23. The van der Waals surface area contributed by atoms with Crippen molar-refractivity contribution >= 4 is 11.6 Å². The zero-order chi connectivity index (χ0) is 15.3. The standard InChI is InChI=1S/C17H28ClNO/c1-12(13(2)11-19-17(3,4)5)9-14-10-15(18)7-8-16(14)20-6/h7-8,10,12-13,19H,9,11H2,1-6H3. The van der Waals surface area contributed by atoms with E-state index >= 15 is 0 Å². The van der Waals surface area contributed by atoms with Crippen molar-refractivity contribution in [2.75, 3.05) is 13.7 Å². The summed E-state index contributed by atoms with van der Waals surface area (Å²) in [7, 11) is 1.71. The second-order valence-corrected chi connectivity index (χ2v) is 7.18. The Kier molecular flexibility index (Phi) is 6.35. The third-order valence-corrected chi connectivity index (χ3v) is 3.95. The highest BCUT2D eigenvalue weighted by molar-refractivity contribution is 6.30. The summed E-state index contributed by atoms with van der Waals surface area (Å²) in [6.07, 6.45) is 0.983. The van der Waals surface area contributed by atoms with Crippen LogP contribution in [0.5, 0.6) is 5.75 Å². The van der Waals surface area contributed by atoms with Crippen LogP contribution in [-0.4, -0.2) is 19.2 Å². The monoisotopic (exact) mass is 297 g/mol. The molecule has 0 aliphatic carbocycles. The van der Waals surface area contributed by atoms with E-state index < -0.39 is 0 Å². The van der Waals surface area contributed by atoms with E-state index in [4.69, 9.17) is 16.3 Å². The lowest BCUT2D eigenvalue weighted by Crippen LogP contribution is -2.40. The van der Waals surface area contributed by atoms with Gasteiger partial charge in [0.15, 0.2) is 0 Å². The molecule has 0 radical (unpaired) electrons. The predicted octanol–water partition coefficient (Wildman–Crippen LogP) is 4.55. The quantitative estimate of drug-likeness (QED) is 0.831. The van der Waals surface area contributed by atoms with Crippen molar-refractivity contribution in [3.05, 3.63) is 28.8 Å². The number of nitrogens with one attached hydrogen (secondary N) is 1. The van der Waals surface area contributed by atoms with Crippen molar-refractivity contribution in [1.82, 2.24) is 5.32 Å². The average molecular weight is 298 g/mol. The topological polar surface area (TPSA) is 21.3 Å². The molecule has 0 saturated heterocycles. The summed E-state index contributed by atoms with van der Waals surface area (Å²) in [4.78, 5) is 0. The zero-order valence-corrected chi connectivity index (χ0v) is 14.3. The van der Waals surface area contributed by atoms with Gasteiger partial charge in [0.25, 0.3) is 0 Å². The largest absolute Gasteiger partial charge is 0.496 e. The lowest BCUT2D eigenvalue weighted by atomic mass is 9.88. The van der Waals surface area contributed by atoms with Gasteiger partial charge in [-0.3, -0.25) is 0 Å². The van der Waals surface area contributed by atoms with E-state index in [-0.39, 0.29) is 5.54 Å². The molecule has 0 aromatic heterocycles. The summed E-state index contributed by atoms with van der Waals surface area (Å²) in [5, 5.41) is 4.34. The first kappa shape index (κ1) is 17.3. The van der Waals surface area contributed by atoms with Gasteiger partial charge in [-0.1, -0.05) is 25.4 Å². The third-order valence-electron chi connectivity index (χ3n) is 3.71. The van der Waals surface area contributed by atoms with Crippen molar-refractivity contribution < 1.29 is 4.74 Å². The molecule has 0 aliphatic rings. The van der Waals surface area contributed by atoms with Crippen molar-refractivity contribution in [2.24, 2.45) is 11.8 Å². The van der Waals surface area contributed by atoms with Gasteiger partial charge in [0.1, 0.15) is 5.75 Å². The molecule has 0 aliphatic heterocycles. The molecule has 2 nitrogen and oxygen atoms in total. The van der Waals surface area contributed by atoms with Crippen LogP contribution in [0.15, 0.2) is 18.2 Å². The van der Waals surface area contributed by atoms with Gasteiger partial charge < -0.3 is 10.1 Å². The van der Waals surface area contributed by atoms with Gasteiger partial charge in [0, 0.05) is 10.6 Å². The van der Waals surface area contributed by atoms with E-state index in [1.54, 1.807) is 7.11 Å². The second-order valence-electron chi connectivity index (χ2n) is 6.75. The Morgan fingerprint density at radius 1 is 1.20 bits per heavy atom. The molecule has 0 heterocycles. The highest BCUT2D eigenvalue weighted by atomic mass is 35.5. The Balaban J connectivity index is 2.65. The zero-order valence-electron chi connectivity index (χ0n) is 13.6. The summed E-state index contributed by atoms with van der Waals surface area (Å²) in [5.41, 5.74) is 1.36. The fourth-order valence-electron chi connectivity index (χ4n) is 2.12. The highest BCUT2D eigenvalue weighted by Gasteiger charge is 2.18. The van der Waals surface area contributed by atoms with E-state index in [9.17, 15) is 0 Å². The molecule has 20 heavy (non-hydrogen) atoms. The SMILES string of the molecule is COc1ccc(Cl)cc1CC(C)C(C)CNC(C)(C)C. The smallest absolute Gasteiger partial charge is 0.122 e. The molecule has 1 N–H and O–H groups in total. The first-order valence-electron chi connectivity index (χ1n) is 7.30. The number of hydrogen-bond donors (Lipinski definition) is 1. The Morgan fingerprint density at radius 2 is 1.85 bits per heavy atom. The van der Waals surface area contributed by atoms with Gasteiger partial charge >= 0.3 is 0 Å². The van der Waals surface area contributed by atoms with Crippen LogP contribution < -0.4 is 10.1 Å². The molecule has 1 rings (SSSR count). The molecule has 114 valence electrons. The molecule has 0 bridgehead atoms. The normalized spacial score (nSPS) is 14.9. The van der Waals surface area contributed by atoms with E-state index in [1.807, 2.05) is 18.2 Å². The summed E-state index contributed by atoms with van der Waals surface area (Å²) >= 11 is 6.09. The second kappa shape index (κ2) is 7.33. The fourth-order valence-corrected chi connectivity index (χ4v) is 2.32. The van der Waals surface area contributed by atoms with Crippen LogP contribution in [0.25, 0.3) is 0 Å². The Labute approximate surface area is 128 Å². The Morgan fingerprint density at radius 3 is 2.40 bits per heavy atom. The molecule has 0 amide bonds. The van der Waals surface area contributed by atoms with Gasteiger partial charge in [-0.25, -0.2) is 0 Å². The molecule has 0 spiro atoms. The highest BCUT2D eigenvalue weighted by Crippen LogP contribution is 2.27.